The Morgan fingerprint density at radius 3 is 2.76 bits per heavy atom. The molecule has 0 spiro atoms. The lowest BCUT2D eigenvalue weighted by atomic mass is 10.1. The summed E-state index contributed by atoms with van der Waals surface area (Å²) in [7, 11) is 1.37. The molecule has 1 aromatic carbocycles. The van der Waals surface area contributed by atoms with Gasteiger partial charge in [0.05, 0.1) is 18.7 Å². The van der Waals surface area contributed by atoms with E-state index < -0.39 is 0 Å². The molecule has 1 amide bonds. The molecule has 0 unspecified atom stereocenters. The smallest absolute Gasteiger partial charge is 0.305 e. The van der Waals surface area contributed by atoms with Crippen molar-refractivity contribution in [2.45, 2.75) is 39.0 Å². The van der Waals surface area contributed by atoms with Crippen LogP contribution in [0.3, 0.4) is 0 Å². The lowest BCUT2D eigenvalue weighted by Gasteiger charge is -2.13. The summed E-state index contributed by atoms with van der Waals surface area (Å²) >= 11 is 6.14. The molecule has 1 atom stereocenters. The van der Waals surface area contributed by atoms with Gasteiger partial charge in [-0.25, -0.2) is 0 Å². The molecule has 5 nitrogen and oxygen atoms in total. The lowest BCUT2D eigenvalue weighted by Crippen LogP contribution is -2.15. The second kappa shape index (κ2) is 11.4. The molecule has 0 aromatic heterocycles. The highest BCUT2D eigenvalue weighted by atomic mass is 35.5. The van der Waals surface area contributed by atoms with Crippen LogP contribution >= 0.6 is 11.6 Å². The molecule has 0 heterocycles. The van der Waals surface area contributed by atoms with E-state index in [2.05, 4.69) is 16.6 Å². The first-order chi connectivity index (χ1) is 11.9. The lowest BCUT2D eigenvalue weighted by molar-refractivity contribution is -0.140. The molecule has 0 bridgehead atoms. The van der Waals surface area contributed by atoms with E-state index in [4.69, 9.17) is 22.1 Å². The minimum atomic E-state index is -0.311. The number of hydrogen-bond acceptors (Lipinski definition) is 4. The van der Waals surface area contributed by atoms with Gasteiger partial charge in [-0.15, -0.1) is 0 Å². The van der Waals surface area contributed by atoms with Crippen molar-refractivity contribution in [3.8, 4) is 17.6 Å². The largest absolute Gasteiger partial charge is 0.492 e. The second-order valence-corrected chi connectivity index (χ2v) is 6.21. The zero-order chi connectivity index (χ0) is 18.7. The predicted molar refractivity (Wildman–Crippen MR) is 97.3 cm³/mol. The molecule has 136 valence electrons. The number of halogens is 1. The van der Waals surface area contributed by atoms with Crippen LogP contribution in [-0.4, -0.2) is 25.6 Å². The van der Waals surface area contributed by atoms with E-state index in [1.165, 1.54) is 7.11 Å². The van der Waals surface area contributed by atoms with Crippen LogP contribution in [0, 0.1) is 17.8 Å². The van der Waals surface area contributed by atoms with E-state index in [0.717, 1.165) is 5.56 Å². The van der Waals surface area contributed by atoms with E-state index in [0.29, 0.717) is 49.5 Å². The van der Waals surface area contributed by atoms with Gasteiger partial charge in [0.2, 0.25) is 5.91 Å². The quantitative estimate of drug-likeness (QED) is 0.413. The first-order valence-corrected chi connectivity index (χ1v) is 8.56. The van der Waals surface area contributed by atoms with Crippen molar-refractivity contribution in [3.63, 3.8) is 0 Å². The third-order valence-corrected chi connectivity index (χ3v) is 3.79. The number of primary amides is 1. The summed E-state index contributed by atoms with van der Waals surface area (Å²) in [6.07, 6.45) is 2.65. The Bertz CT molecular complexity index is 649. The SMILES string of the molecule is COC(=O)CCCC#Cc1ccc(Cl)c(OC[C@@H](C)CCC(N)=O)c1. The van der Waals surface area contributed by atoms with Crippen molar-refractivity contribution in [2.75, 3.05) is 13.7 Å². The fourth-order valence-corrected chi connectivity index (χ4v) is 2.16. The number of esters is 1. The van der Waals surface area contributed by atoms with Crippen molar-refractivity contribution >= 4 is 23.5 Å². The highest BCUT2D eigenvalue weighted by Gasteiger charge is 2.08. The maximum atomic E-state index is 11.0. The molecule has 1 rings (SSSR count). The Balaban J connectivity index is 2.53. The van der Waals surface area contributed by atoms with E-state index in [1.54, 1.807) is 12.1 Å². The summed E-state index contributed by atoms with van der Waals surface area (Å²) in [5.41, 5.74) is 5.94. The van der Waals surface area contributed by atoms with E-state index in [-0.39, 0.29) is 17.8 Å². The number of carbonyl (C=O) groups excluding carboxylic acids is 2. The topological polar surface area (TPSA) is 78.6 Å². The van der Waals surface area contributed by atoms with Gasteiger partial charge in [0.25, 0.3) is 0 Å². The number of unbranched alkanes of at least 4 members (excludes halogenated alkanes) is 1. The Hall–Kier alpha value is -2.19. The van der Waals surface area contributed by atoms with Gasteiger partial charge in [-0.2, -0.15) is 0 Å². The molecule has 0 aliphatic heterocycles. The Morgan fingerprint density at radius 2 is 2.08 bits per heavy atom. The van der Waals surface area contributed by atoms with Crippen LogP contribution in [0.15, 0.2) is 18.2 Å². The Labute approximate surface area is 153 Å². The van der Waals surface area contributed by atoms with Gasteiger partial charge in [-0.05, 0) is 37.0 Å². The van der Waals surface area contributed by atoms with Crippen LogP contribution in [0.4, 0.5) is 0 Å². The number of benzene rings is 1. The number of nitrogens with two attached hydrogens (primary N) is 1. The second-order valence-electron chi connectivity index (χ2n) is 5.80. The van der Waals surface area contributed by atoms with Gasteiger partial charge >= 0.3 is 5.97 Å². The average Bonchev–Trinajstić information content (AvgIpc) is 2.59. The van der Waals surface area contributed by atoms with Gasteiger partial charge in [0.15, 0.2) is 0 Å². The van der Waals surface area contributed by atoms with Crippen molar-refractivity contribution in [1.82, 2.24) is 0 Å². The summed E-state index contributed by atoms with van der Waals surface area (Å²) in [5.74, 6) is 6.26. The van der Waals surface area contributed by atoms with Crippen LogP contribution in [0.2, 0.25) is 5.02 Å². The maximum Gasteiger partial charge on any atom is 0.305 e. The van der Waals surface area contributed by atoms with Crippen LogP contribution in [0.5, 0.6) is 5.75 Å². The van der Waals surface area contributed by atoms with Crippen LogP contribution in [-0.2, 0) is 14.3 Å². The molecule has 0 aliphatic carbocycles. The number of ether oxygens (including phenoxy) is 2. The van der Waals surface area contributed by atoms with Gasteiger partial charge in [-0.1, -0.05) is 30.4 Å². The molecule has 2 N–H and O–H groups in total. The minimum absolute atomic E-state index is 0.191. The zero-order valence-electron chi connectivity index (χ0n) is 14.6. The molecule has 25 heavy (non-hydrogen) atoms. The fraction of sp³-hybridized carbons (Fsp3) is 0.474. The van der Waals surface area contributed by atoms with Crippen molar-refractivity contribution in [3.05, 3.63) is 28.8 Å². The standard InChI is InChI=1S/C19H24ClNO4/c1-14(8-11-18(21)22)13-25-17-12-15(9-10-16(17)20)6-4-3-5-7-19(23)24-2/h9-10,12,14H,3,5,7-8,11,13H2,1-2H3,(H2,21,22)/t14-/m0/s1. The third-order valence-electron chi connectivity index (χ3n) is 3.48. The predicted octanol–water partition coefficient (Wildman–Crippen LogP) is 3.32. The average molecular weight is 366 g/mol. The molecule has 0 saturated carbocycles. The van der Waals surface area contributed by atoms with Crippen LogP contribution in [0.25, 0.3) is 0 Å². The van der Waals surface area contributed by atoms with Crippen LogP contribution < -0.4 is 10.5 Å². The zero-order valence-corrected chi connectivity index (χ0v) is 15.4. The van der Waals surface area contributed by atoms with Gasteiger partial charge in [0.1, 0.15) is 5.75 Å². The van der Waals surface area contributed by atoms with Gasteiger partial charge in [0, 0.05) is 24.8 Å². The number of rotatable bonds is 9. The molecular weight excluding hydrogens is 342 g/mol. The third kappa shape index (κ3) is 9.02. The highest BCUT2D eigenvalue weighted by Crippen LogP contribution is 2.26. The first-order valence-electron chi connectivity index (χ1n) is 8.18. The van der Waals surface area contributed by atoms with Crippen LogP contribution in [0.1, 0.15) is 44.6 Å². The van der Waals surface area contributed by atoms with E-state index in [1.807, 2.05) is 13.0 Å². The Kier molecular flexibility index (Phi) is 9.49. The number of methoxy groups -OCH3 is 1. The van der Waals surface area contributed by atoms with Crippen molar-refractivity contribution in [1.29, 1.82) is 0 Å². The molecule has 0 radical (unpaired) electrons. The summed E-state index contributed by atoms with van der Waals surface area (Å²) in [6, 6.07) is 5.35. The first kappa shape index (κ1) is 20.9. The molecule has 0 fully saturated rings. The molecule has 6 heteroatoms. The number of hydrogen-bond donors (Lipinski definition) is 1. The monoisotopic (exact) mass is 365 g/mol. The summed E-state index contributed by atoms with van der Waals surface area (Å²) in [6.45, 7) is 2.44. The summed E-state index contributed by atoms with van der Waals surface area (Å²) < 4.78 is 10.3. The molecular formula is C19H24ClNO4. The van der Waals surface area contributed by atoms with Gasteiger partial charge in [-0.3, -0.25) is 9.59 Å². The Morgan fingerprint density at radius 1 is 1.32 bits per heavy atom. The normalized spacial score (nSPS) is 11.2. The van der Waals surface area contributed by atoms with Crippen molar-refractivity contribution < 1.29 is 19.1 Å². The maximum absolute atomic E-state index is 11.0. The fourth-order valence-electron chi connectivity index (χ4n) is 1.98. The molecule has 1 aromatic rings. The highest BCUT2D eigenvalue weighted by molar-refractivity contribution is 6.32. The molecule has 0 saturated heterocycles. The minimum Gasteiger partial charge on any atom is -0.492 e. The van der Waals surface area contributed by atoms with Gasteiger partial charge < -0.3 is 15.2 Å². The van der Waals surface area contributed by atoms with Crippen molar-refractivity contribution in [2.24, 2.45) is 11.7 Å². The number of amides is 1. The molecule has 0 aliphatic rings. The van der Waals surface area contributed by atoms with E-state index >= 15 is 0 Å². The van der Waals surface area contributed by atoms with E-state index in [9.17, 15) is 9.59 Å². The summed E-state index contributed by atoms with van der Waals surface area (Å²) in [5, 5.41) is 0.512. The number of carbonyl (C=O) groups is 2. The summed E-state index contributed by atoms with van der Waals surface area (Å²) in [4.78, 5) is 21.8.